The van der Waals surface area contributed by atoms with Crippen molar-refractivity contribution in [3.63, 3.8) is 0 Å². The second-order valence-corrected chi connectivity index (χ2v) is 10.5. The lowest BCUT2D eigenvalue weighted by Crippen LogP contribution is -2.11. The zero-order valence-electron chi connectivity index (χ0n) is 22.9. The van der Waals surface area contributed by atoms with Crippen molar-refractivity contribution >= 4 is 49.8 Å². The van der Waals surface area contributed by atoms with Crippen LogP contribution in [0.15, 0.2) is 168 Å². The Morgan fingerprint density at radius 1 is 0.357 bits per heavy atom. The highest BCUT2D eigenvalue weighted by Crippen LogP contribution is 2.45. The molecule has 7 aromatic carbocycles. The first-order valence-corrected chi connectivity index (χ1v) is 14.3. The molecule has 42 heavy (non-hydrogen) atoms. The number of hydrogen-bond acceptors (Lipinski definition) is 2. The van der Waals surface area contributed by atoms with Crippen molar-refractivity contribution in [2.45, 2.75) is 0 Å². The van der Waals surface area contributed by atoms with Gasteiger partial charge in [-0.15, -0.1) is 0 Å². The molecule has 0 aliphatic heterocycles. The minimum atomic E-state index is 0.907. The van der Waals surface area contributed by atoms with Gasteiger partial charge in [-0.3, -0.25) is 0 Å². The molecule has 0 saturated carbocycles. The van der Waals surface area contributed by atoms with E-state index >= 15 is 0 Å². The summed E-state index contributed by atoms with van der Waals surface area (Å²) in [5.74, 6) is 0. The fourth-order valence-corrected chi connectivity index (χ4v) is 6.13. The molecule has 0 N–H and O–H groups in total. The summed E-state index contributed by atoms with van der Waals surface area (Å²) in [6.45, 7) is 0. The van der Waals surface area contributed by atoms with E-state index in [0.29, 0.717) is 0 Å². The lowest BCUT2D eigenvalue weighted by Gasteiger charge is -2.29. The van der Waals surface area contributed by atoms with Crippen molar-refractivity contribution in [2.75, 3.05) is 4.90 Å². The summed E-state index contributed by atoms with van der Waals surface area (Å²) < 4.78 is 6.25. The largest absolute Gasteiger partial charge is 0.456 e. The van der Waals surface area contributed by atoms with Crippen LogP contribution in [0.3, 0.4) is 0 Å². The van der Waals surface area contributed by atoms with Gasteiger partial charge in [0, 0.05) is 27.4 Å². The van der Waals surface area contributed by atoms with E-state index in [9.17, 15) is 0 Å². The zero-order chi connectivity index (χ0) is 27.9. The molecule has 0 atom stereocenters. The molecule has 0 spiro atoms. The molecule has 0 radical (unpaired) electrons. The fourth-order valence-electron chi connectivity index (χ4n) is 6.13. The Morgan fingerprint density at radius 2 is 0.976 bits per heavy atom. The molecular weight excluding hydrogens is 510 g/mol. The minimum absolute atomic E-state index is 0.907. The van der Waals surface area contributed by atoms with Crippen molar-refractivity contribution in [3.8, 4) is 22.3 Å². The molecule has 198 valence electrons. The molecule has 0 aliphatic carbocycles. The molecule has 0 amide bonds. The molecule has 0 saturated heterocycles. The van der Waals surface area contributed by atoms with E-state index in [-0.39, 0.29) is 0 Å². The molecule has 0 fully saturated rings. The maximum absolute atomic E-state index is 6.25. The van der Waals surface area contributed by atoms with Crippen LogP contribution in [0.1, 0.15) is 0 Å². The van der Waals surface area contributed by atoms with Crippen LogP contribution in [0.2, 0.25) is 0 Å². The Kier molecular flexibility index (Phi) is 5.82. The zero-order valence-corrected chi connectivity index (χ0v) is 22.9. The van der Waals surface area contributed by atoms with Crippen LogP contribution in [-0.2, 0) is 0 Å². The molecule has 1 heterocycles. The van der Waals surface area contributed by atoms with Gasteiger partial charge in [0.25, 0.3) is 0 Å². The van der Waals surface area contributed by atoms with E-state index in [4.69, 9.17) is 4.42 Å². The Morgan fingerprint density at radius 3 is 1.79 bits per heavy atom. The summed E-state index contributed by atoms with van der Waals surface area (Å²) in [4.78, 5) is 2.40. The van der Waals surface area contributed by atoms with Crippen LogP contribution in [0.5, 0.6) is 0 Å². The number of nitrogens with zero attached hydrogens (tertiary/aromatic N) is 1. The van der Waals surface area contributed by atoms with Crippen molar-refractivity contribution < 1.29 is 4.42 Å². The summed E-state index contributed by atoms with van der Waals surface area (Å²) in [5, 5.41) is 4.64. The number of para-hydroxylation sites is 2. The minimum Gasteiger partial charge on any atom is -0.456 e. The predicted molar refractivity (Wildman–Crippen MR) is 177 cm³/mol. The van der Waals surface area contributed by atoms with E-state index in [1.165, 1.54) is 33.0 Å². The van der Waals surface area contributed by atoms with Crippen LogP contribution in [-0.4, -0.2) is 0 Å². The third-order valence-electron chi connectivity index (χ3n) is 8.08. The average Bonchev–Trinajstić information content (AvgIpc) is 3.46. The average molecular weight is 538 g/mol. The van der Waals surface area contributed by atoms with Gasteiger partial charge < -0.3 is 9.32 Å². The van der Waals surface area contributed by atoms with Crippen LogP contribution in [0.25, 0.3) is 55.0 Å². The monoisotopic (exact) mass is 537 g/mol. The number of fused-ring (bicyclic) bond motifs is 5. The van der Waals surface area contributed by atoms with Crippen LogP contribution in [0.4, 0.5) is 17.1 Å². The normalized spacial score (nSPS) is 11.3. The number of rotatable bonds is 5. The number of anilines is 3. The van der Waals surface area contributed by atoms with Crippen LogP contribution in [0, 0.1) is 0 Å². The lowest BCUT2D eigenvalue weighted by molar-refractivity contribution is 0.669. The standard InChI is InChI=1S/C40H27NO/c1-3-12-28(13-4-1)29-22-24-31(25-23-29)41(36-19-9-7-16-32(36)30-14-5-2-6-15-30)37-20-11-18-34-33(37)26-27-39-40(34)35-17-8-10-21-38(35)42-39/h1-27H. The van der Waals surface area contributed by atoms with Crippen molar-refractivity contribution in [2.24, 2.45) is 0 Å². The van der Waals surface area contributed by atoms with Crippen molar-refractivity contribution in [1.82, 2.24) is 0 Å². The third kappa shape index (κ3) is 4.05. The number of benzene rings is 7. The second-order valence-electron chi connectivity index (χ2n) is 10.5. The first-order chi connectivity index (χ1) is 20.8. The number of hydrogen-bond donors (Lipinski definition) is 0. The van der Waals surface area contributed by atoms with Gasteiger partial charge >= 0.3 is 0 Å². The van der Waals surface area contributed by atoms with Gasteiger partial charge in [0.2, 0.25) is 0 Å². The van der Waals surface area contributed by atoms with Crippen LogP contribution < -0.4 is 4.90 Å². The topological polar surface area (TPSA) is 16.4 Å². The summed E-state index contributed by atoms with van der Waals surface area (Å²) >= 11 is 0. The summed E-state index contributed by atoms with van der Waals surface area (Å²) in [6.07, 6.45) is 0. The molecule has 0 bridgehead atoms. The van der Waals surface area contributed by atoms with E-state index in [1.807, 2.05) is 12.1 Å². The Bertz CT molecular complexity index is 2180. The molecule has 2 heteroatoms. The highest BCUT2D eigenvalue weighted by atomic mass is 16.3. The highest BCUT2D eigenvalue weighted by molar-refractivity contribution is 6.21. The third-order valence-corrected chi connectivity index (χ3v) is 8.08. The van der Waals surface area contributed by atoms with Gasteiger partial charge in [-0.1, -0.05) is 121 Å². The van der Waals surface area contributed by atoms with E-state index in [0.717, 1.165) is 39.0 Å². The fraction of sp³-hybridized carbons (Fsp3) is 0. The van der Waals surface area contributed by atoms with Gasteiger partial charge in [0.1, 0.15) is 11.2 Å². The molecule has 8 rings (SSSR count). The van der Waals surface area contributed by atoms with Crippen molar-refractivity contribution in [1.29, 1.82) is 0 Å². The maximum Gasteiger partial charge on any atom is 0.136 e. The smallest absolute Gasteiger partial charge is 0.136 e. The molecule has 0 unspecified atom stereocenters. The molecule has 2 nitrogen and oxygen atoms in total. The van der Waals surface area contributed by atoms with Gasteiger partial charge in [0.15, 0.2) is 0 Å². The molecule has 0 aliphatic rings. The van der Waals surface area contributed by atoms with Gasteiger partial charge in [-0.2, -0.15) is 0 Å². The van der Waals surface area contributed by atoms with Gasteiger partial charge in [-0.25, -0.2) is 0 Å². The summed E-state index contributed by atoms with van der Waals surface area (Å²) in [5.41, 5.74) is 9.93. The molecule has 1 aromatic heterocycles. The molecule has 8 aromatic rings. The highest BCUT2D eigenvalue weighted by Gasteiger charge is 2.20. The first-order valence-electron chi connectivity index (χ1n) is 14.3. The predicted octanol–water partition coefficient (Wildman–Crippen LogP) is 11.5. The quantitative estimate of drug-likeness (QED) is 0.217. The van der Waals surface area contributed by atoms with E-state index in [2.05, 4.69) is 157 Å². The van der Waals surface area contributed by atoms with E-state index in [1.54, 1.807) is 0 Å². The Labute approximate surface area is 244 Å². The van der Waals surface area contributed by atoms with Gasteiger partial charge in [0.05, 0.1) is 11.4 Å². The Balaban J connectivity index is 1.39. The van der Waals surface area contributed by atoms with Crippen molar-refractivity contribution in [3.05, 3.63) is 164 Å². The maximum atomic E-state index is 6.25. The summed E-state index contributed by atoms with van der Waals surface area (Å²) in [7, 11) is 0. The first kappa shape index (κ1) is 24.2. The van der Waals surface area contributed by atoms with Crippen LogP contribution >= 0.6 is 0 Å². The van der Waals surface area contributed by atoms with Gasteiger partial charge in [-0.05, 0) is 64.5 Å². The number of furan rings is 1. The lowest BCUT2D eigenvalue weighted by atomic mass is 9.98. The summed E-state index contributed by atoms with van der Waals surface area (Å²) in [6, 6.07) is 58.0. The molecular formula is C40H27NO. The SMILES string of the molecule is c1ccc(-c2ccc(N(c3ccccc3-c3ccccc3)c3cccc4c3ccc3oc5ccccc5c34)cc2)cc1. The second kappa shape index (κ2) is 10.1. The Hall–Kier alpha value is -5.60. The van der Waals surface area contributed by atoms with E-state index < -0.39 is 0 Å².